The molecule has 4 fully saturated rings. The SMILES string of the molecule is O=C(NCC1(CBr)CCCCC1)C1C2C3CCC(C3)C12. The number of nitrogens with one attached hydrogen (secondary N) is 1. The van der Waals surface area contributed by atoms with Gasteiger partial charge in [0, 0.05) is 17.8 Å². The van der Waals surface area contributed by atoms with Crippen molar-refractivity contribution in [2.75, 3.05) is 11.9 Å². The summed E-state index contributed by atoms with van der Waals surface area (Å²) in [6, 6.07) is 0. The van der Waals surface area contributed by atoms with E-state index in [2.05, 4.69) is 21.2 Å². The highest BCUT2D eigenvalue weighted by Gasteiger charge is 2.67. The van der Waals surface area contributed by atoms with Crippen LogP contribution in [0.4, 0.5) is 0 Å². The van der Waals surface area contributed by atoms with Gasteiger partial charge >= 0.3 is 0 Å². The average molecular weight is 340 g/mol. The Balaban J connectivity index is 1.33. The third-order valence-electron chi connectivity index (χ3n) is 6.87. The van der Waals surface area contributed by atoms with Crippen LogP contribution in [-0.2, 0) is 4.79 Å². The lowest BCUT2D eigenvalue weighted by Crippen LogP contribution is -2.41. The second kappa shape index (κ2) is 5.00. The van der Waals surface area contributed by atoms with Gasteiger partial charge in [-0.1, -0.05) is 35.2 Å². The fraction of sp³-hybridized carbons (Fsp3) is 0.941. The molecule has 20 heavy (non-hydrogen) atoms. The molecule has 1 N–H and O–H groups in total. The molecule has 0 heterocycles. The Kier molecular flexibility index (Phi) is 3.40. The molecule has 2 nitrogen and oxygen atoms in total. The van der Waals surface area contributed by atoms with Crippen molar-refractivity contribution < 1.29 is 4.79 Å². The van der Waals surface area contributed by atoms with Gasteiger partial charge < -0.3 is 5.32 Å². The summed E-state index contributed by atoms with van der Waals surface area (Å²) in [4.78, 5) is 12.5. The van der Waals surface area contributed by atoms with Crippen molar-refractivity contribution in [3.8, 4) is 0 Å². The molecule has 4 unspecified atom stereocenters. The van der Waals surface area contributed by atoms with Crippen LogP contribution in [0.15, 0.2) is 0 Å². The fourth-order valence-electron chi connectivity index (χ4n) is 5.73. The first-order chi connectivity index (χ1) is 9.74. The summed E-state index contributed by atoms with van der Waals surface area (Å²) in [6.45, 7) is 0.905. The maximum absolute atomic E-state index is 12.5. The molecular weight excluding hydrogens is 314 g/mol. The van der Waals surface area contributed by atoms with E-state index in [4.69, 9.17) is 0 Å². The van der Waals surface area contributed by atoms with Gasteiger partial charge in [0.25, 0.3) is 0 Å². The minimum absolute atomic E-state index is 0.344. The summed E-state index contributed by atoms with van der Waals surface area (Å²) in [7, 11) is 0. The van der Waals surface area contributed by atoms with Gasteiger partial charge in [-0.15, -0.1) is 0 Å². The quantitative estimate of drug-likeness (QED) is 0.776. The van der Waals surface area contributed by atoms with Gasteiger partial charge in [-0.2, -0.15) is 0 Å². The van der Waals surface area contributed by atoms with Crippen LogP contribution < -0.4 is 5.32 Å². The third kappa shape index (κ3) is 2.07. The highest BCUT2D eigenvalue weighted by Crippen LogP contribution is 2.69. The standard InChI is InChI=1S/C17H26BrNO/c18-9-17(6-2-1-3-7-17)10-19-16(20)15-13-11-4-5-12(8-11)14(13)15/h11-15H,1-10H2,(H,19,20). The Bertz CT molecular complexity index is 388. The smallest absolute Gasteiger partial charge is 0.223 e. The van der Waals surface area contributed by atoms with Crippen LogP contribution >= 0.6 is 15.9 Å². The molecular formula is C17H26BrNO. The molecule has 4 saturated carbocycles. The first-order valence-corrected chi connectivity index (χ1v) is 9.70. The van der Waals surface area contributed by atoms with Crippen LogP contribution in [0.2, 0.25) is 0 Å². The molecule has 4 aliphatic rings. The molecule has 0 aromatic carbocycles. The maximum Gasteiger partial charge on any atom is 0.223 e. The van der Waals surface area contributed by atoms with Crippen LogP contribution in [0.25, 0.3) is 0 Å². The third-order valence-corrected chi connectivity index (χ3v) is 8.06. The largest absolute Gasteiger partial charge is 0.355 e. The zero-order chi connectivity index (χ0) is 13.7. The Morgan fingerprint density at radius 2 is 1.75 bits per heavy atom. The highest BCUT2D eigenvalue weighted by atomic mass is 79.9. The molecule has 4 atom stereocenters. The van der Waals surface area contributed by atoms with Crippen LogP contribution in [0.5, 0.6) is 0 Å². The van der Waals surface area contributed by atoms with Crippen LogP contribution in [0.1, 0.15) is 51.4 Å². The minimum Gasteiger partial charge on any atom is -0.355 e. The molecule has 4 aliphatic carbocycles. The Morgan fingerprint density at radius 3 is 2.35 bits per heavy atom. The lowest BCUT2D eigenvalue weighted by Gasteiger charge is -2.36. The Morgan fingerprint density at radius 1 is 1.10 bits per heavy atom. The average Bonchev–Trinajstić information content (AvgIpc) is 2.94. The van der Waals surface area contributed by atoms with Gasteiger partial charge in [0.1, 0.15) is 0 Å². The minimum atomic E-state index is 0.344. The number of carbonyl (C=O) groups is 1. The van der Waals surface area contributed by atoms with Crippen molar-refractivity contribution in [2.45, 2.75) is 51.4 Å². The maximum atomic E-state index is 12.5. The number of carbonyl (C=O) groups excluding carboxylic acids is 1. The summed E-state index contributed by atoms with van der Waals surface area (Å²) in [5.41, 5.74) is 0.344. The second-order valence-electron chi connectivity index (χ2n) is 7.93. The van der Waals surface area contributed by atoms with Crippen molar-refractivity contribution in [1.29, 1.82) is 0 Å². The van der Waals surface area contributed by atoms with E-state index in [0.29, 0.717) is 17.2 Å². The van der Waals surface area contributed by atoms with E-state index in [0.717, 1.165) is 35.5 Å². The van der Waals surface area contributed by atoms with Crippen molar-refractivity contribution in [3.05, 3.63) is 0 Å². The predicted molar refractivity (Wildman–Crippen MR) is 83.6 cm³/mol. The topological polar surface area (TPSA) is 29.1 Å². The summed E-state index contributed by atoms with van der Waals surface area (Å²) in [6.07, 6.45) is 10.8. The van der Waals surface area contributed by atoms with Gasteiger partial charge in [-0.05, 0) is 61.2 Å². The molecule has 0 aliphatic heterocycles. The second-order valence-corrected chi connectivity index (χ2v) is 8.49. The first kappa shape index (κ1) is 13.6. The van der Waals surface area contributed by atoms with Gasteiger partial charge in [0.2, 0.25) is 5.91 Å². The molecule has 0 aromatic heterocycles. The Hall–Kier alpha value is -0.0500. The van der Waals surface area contributed by atoms with Gasteiger partial charge in [-0.3, -0.25) is 4.79 Å². The number of amides is 1. The molecule has 2 bridgehead atoms. The monoisotopic (exact) mass is 339 g/mol. The van der Waals surface area contributed by atoms with Crippen LogP contribution in [-0.4, -0.2) is 17.8 Å². The lowest BCUT2D eigenvalue weighted by molar-refractivity contribution is -0.123. The number of hydrogen-bond acceptors (Lipinski definition) is 1. The first-order valence-electron chi connectivity index (χ1n) is 8.58. The summed E-state index contributed by atoms with van der Waals surface area (Å²) in [5, 5.41) is 4.38. The van der Waals surface area contributed by atoms with Gasteiger partial charge in [0.15, 0.2) is 0 Å². The number of halogens is 1. The lowest BCUT2D eigenvalue weighted by atomic mass is 9.75. The molecule has 0 aromatic rings. The van der Waals surface area contributed by atoms with E-state index in [9.17, 15) is 4.79 Å². The molecule has 0 spiro atoms. The van der Waals surface area contributed by atoms with Crippen molar-refractivity contribution in [3.63, 3.8) is 0 Å². The zero-order valence-electron chi connectivity index (χ0n) is 12.2. The summed E-state index contributed by atoms with van der Waals surface area (Å²) < 4.78 is 0. The zero-order valence-corrected chi connectivity index (χ0v) is 13.8. The predicted octanol–water partition coefficient (Wildman–Crippen LogP) is 3.74. The molecule has 3 heteroatoms. The van der Waals surface area contributed by atoms with Gasteiger partial charge in [-0.25, -0.2) is 0 Å². The summed E-state index contributed by atoms with van der Waals surface area (Å²) in [5.74, 6) is 4.15. The van der Waals surface area contributed by atoms with E-state index < -0.39 is 0 Å². The fourth-order valence-corrected chi connectivity index (χ4v) is 6.49. The number of fused-ring (bicyclic) bond motifs is 5. The van der Waals surface area contributed by atoms with Crippen molar-refractivity contribution in [2.24, 2.45) is 35.0 Å². The van der Waals surface area contributed by atoms with E-state index in [1.807, 2.05) is 0 Å². The Labute approximate surface area is 130 Å². The number of rotatable bonds is 4. The molecule has 1 amide bonds. The molecule has 0 saturated heterocycles. The van der Waals surface area contributed by atoms with Crippen molar-refractivity contribution >= 4 is 21.8 Å². The number of alkyl halides is 1. The van der Waals surface area contributed by atoms with Gasteiger partial charge in [0.05, 0.1) is 0 Å². The van der Waals surface area contributed by atoms with Crippen molar-refractivity contribution in [1.82, 2.24) is 5.32 Å². The van der Waals surface area contributed by atoms with E-state index in [1.54, 1.807) is 0 Å². The van der Waals surface area contributed by atoms with Crippen LogP contribution in [0.3, 0.4) is 0 Å². The van der Waals surface area contributed by atoms with E-state index in [-0.39, 0.29) is 0 Å². The molecule has 4 rings (SSSR count). The van der Waals surface area contributed by atoms with E-state index in [1.165, 1.54) is 51.4 Å². The summed E-state index contributed by atoms with van der Waals surface area (Å²) >= 11 is 3.70. The normalized spacial score (nSPS) is 44.1. The van der Waals surface area contributed by atoms with E-state index >= 15 is 0 Å². The van der Waals surface area contributed by atoms with Crippen LogP contribution in [0, 0.1) is 35.0 Å². The molecule has 0 radical (unpaired) electrons. The number of hydrogen-bond donors (Lipinski definition) is 1. The molecule has 112 valence electrons. The highest BCUT2D eigenvalue weighted by molar-refractivity contribution is 9.09.